The van der Waals surface area contributed by atoms with Gasteiger partial charge in [-0.1, -0.05) is 26.0 Å². The molecule has 1 aliphatic heterocycles. The molecular formula is C18H26N2O2. The summed E-state index contributed by atoms with van der Waals surface area (Å²) in [7, 11) is 0. The minimum absolute atomic E-state index is 0.0207. The third-order valence-electron chi connectivity index (χ3n) is 4.02. The first-order chi connectivity index (χ1) is 10.6. The van der Waals surface area contributed by atoms with Gasteiger partial charge in [-0.15, -0.1) is 0 Å². The van der Waals surface area contributed by atoms with E-state index in [1.54, 1.807) is 6.07 Å². The Kier molecular flexibility index (Phi) is 5.99. The predicted octanol–water partition coefficient (Wildman–Crippen LogP) is 3.69. The summed E-state index contributed by atoms with van der Waals surface area (Å²) in [6.45, 7) is 5.82. The van der Waals surface area contributed by atoms with Crippen molar-refractivity contribution < 1.29 is 9.59 Å². The van der Waals surface area contributed by atoms with Gasteiger partial charge in [0.1, 0.15) is 0 Å². The molecule has 0 bridgehead atoms. The molecule has 4 nitrogen and oxygen atoms in total. The third kappa shape index (κ3) is 4.58. The number of para-hydroxylation sites is 1. The van der Waals surface area contributed by atoms with Gasteiger partial charge in [-0.2, -0.15) is 0 Å². The summed E-state index contributed by atoms with van der Waals surface area (Å²) in [6, 6.07) is 7.31. The van der Waals surface area contributed by atoms with Gasteiger partial charge in [-0.25, -0.2) is 0 Å². The Morgan fingerprint density at radius 2 is 1.82 bits per heavy atom. The van der Waals surface area contributed by atoms with Crippen molar-refractivity contribution in [2.75, 3.05) is 18.4 Å². The summed E-state index contributed by atoms with van der Waals surface area (Å²) in [5, 5.41) is 2.90. The van der Waals surface area contributed by atoms with E-state index in [9.17, 15) is 9.59 Å². The van der Waals surface area contributed by atoms with Crippen LogP contribution in [0.15, 0.2) is 24.3 Å². The van der Waals surface area contributed by atoms with Crippen LogP contribution in [-0.4, -0.2) is 29.8 Å². The summed E-state index contributed by atoms with van der Waals surface area (Å²) >= 11 is 0. The number of hydrogen-bond donors (Lipinski definition) is 1. The third-order valence-corrected chi connectivity index (χ3v) is 4.02. The van der Waals surface area contributed by atoms with Gasteiger partial charge >= 0.3 is 0 Å². The Morgan fingerprint density at radius 1 is 1.14 bits per heavy atom. The van der Waals surface area contributed by atoms with Crippen molar-refractivity contribution in [1.82, 2.24) is 4.90 Å². The fourth-order valence-corrected chi connectivity index (χ4v) is 2.68. The fraction of sp³-hybridized carbons (Fsp3) is 0.556. The molecule has 1 heterocycles. The molecule has 0 aromatic heterocycles. The first-order valence-electron chi connectivity index (χ1n) is 8.26. The minimum atomic E-state index is -0.0207. The van der Waals surface area contributed by atoms with E-state index in [-0.39, 0.29) is 11.8 Å². The number of rotatable bonds is 5. The van der Waals surface area contributed by atoms with Gasteiger partial charge in [0.2, 0.25) is 5.91 Å². The second-order valence-corrected chi connectivity index (χ2v) is 6.38. The average Bonchev–Trinajstić information content (AvgIpc) is 2.53. The average molecular weight is 302 g/mol. The zero-order chi connectivity index (χ0) is 15.9. The first-order valence-corrected chi connectivity index (χ1v) is 8.26. The highest BCUT2D eigenvalue weighted by Crippen LogP contribution is 2.20. The van der Waals surface area contributed by atoms with E-state index in [0.717, 1.165) is 32.4 Å². The molecule has 1 aliphatic rings. The summed E-state index contributed by atoms with van der Waals surface area (Å²) in [5.41, 5.74) is 1.23. The van der Waals surface area contributed by atoms with Gasteiger partial charge in [-0.3, -0.25) is 9.59 Å². The van der Waals surface area contributed by atoms with Crippen LogP contribution in [0.25, 0.3) is 0 Å². The lowest BCUT2D eigenvalue weighted by molar-refractivity contribution is -0.116. The van der Waals surface area contributed by atoms with Gasteiger partial charge < -0.3 is 10.2 Å². The maximum Gasteiger partial charge on any atom is 0.255 e. The molecule has 0 saturated carbocycles. The van der Waals surface area contributed by atoms with Gasteiger partial charge in [0.05, 0.1) is 11.3 Å². The fourth-order valence-electron chi connectivity index (χ4n) is 2.68. The Bertz CT molecular complexity index is 520. The molecule has 2 rings (SSSR count). The van der Waals surface area contributed by atoms with Gasteiger partial charge in [0, 0.05) is 19.5 Å². The van der Waals surface area contributed by atoms with Crippen molar-refractivity contribution in [3.05, 3.63) is 29.8 Å². The molecule has 1 aromatic rings. The number of amides is 2. The number of piperidine rings is 1. The number of carbonyl (C=O) groups is 2. The van der Waals surface area contributed by atoms with Crippen LogP contribution < -0.4 is 5.32 Å². The molecule has 0 atom stereocenters. The van der Waals surface area contributed by atoms with Gasteiger partial charge in [0.25, 0.3) is 5.91 Å². The second kappa shape index (κ2) is 7.97. The number of benzene rings is 1. The molecule has 1 aromatic carbocycles. The molecule has 2 amide bonds. The first kappa shape index (κ1) is 16.5. The largest absolute Gasteiger partial charge is 0.339 e. The monoisotopic (exact) mass is 302 g/mol. The van der Waals surface area contributed by atoms with E-state index < -0.39 is 0 Å². The Balaban J connectivity index is 2.05. The van der Waals surface area contributed by atoms with Crippen molar-refractivity contribution in [1.29, 1.82) is 0 Å². The molecule has 0 radical (unpaired) electrons. The quantitative estimate of drug-likeness (QED) is 0.902. The molecule has 1 fully saturated rings. The lowest BCUT2D eigenvalue weighted by atomic mass is 10.1. The summed E-state index contributed by atoms with van der Waals surface area (Å²) in [5.74, 6) is 0.503. The highest BCUT2D eigenvalue weighted by Gasteiger charge is 2.21. The minimum Gasteiger partial charge on any atom is -0.339 e. The standard InChI is InChI=1S/C18H26N2O2/c1-14(2)10-11-17(21)19-16-9-5-4-8-15(16)18(22)20-12-6-3-7-13-20/h4-5,8-9,14H,3,6-7,10-13H2,1-2H3,(H,19,21). The van der Waals surface area contributed by atoms with E-state index in [4.69, 9.17) is 0 Å². The molecular weight excluding hydrogens is 276 g/mol. The molecule has 1 N–H and O–H groups in total. The van der Waals surface area contributed by atoms with E-state index in [1.807, 2.05) is 23.1 Å². The topological polar surface area (TPSA) is 49.4 Å². The number of likely N-dealkylation sites (tertiary alicyclic amines) is 1. The number of nitrogens with zero attached hydrogens (tertiary/aromatic N) is 1. The van der Waals surface area contributed by atoms with E-state index in [0.29, 0.717) is 23.6 Å². The van der Waals surface area contributed by atoms with Crippen LogP contribution >= 0.6 is 0 Å². The number of nitrogens with one attached hydrogen (secondary N) is 1. The number of anilines is 1. The molecule has 0 aliphatic carbocycles. The Morgan fingerprint density at radius 3 is 2.50 bits per heavy atom. The van der Waals surface area contributed by atoms with E-state index >= 15 is 0 Å². The Hall–Kier alpha value is -1.84. The van der Waals surface area contributed by atoms with Crippen LogP contribution in [0.2, 0.25) is 0 Å². The summed E-state index contributed by atoms with van der Waals surface area (Å²) in [4.78, 5) is 26.6. The van der Waals surface area contributed by atoms with Crippen LogP contribution in [0.4, 0.5) is 5.69 Å². The van der Waals surface area contributed by atoms with Crippen LogP contribution in [-0.2, 0) is 4.79 Å². The maximum absolute atomic E-state index is 12.6. The highest BCUT2D eigenvalue weighted by atomic mass is 16.2. The molecule has 1 saturated heterocycles. The van der Waals surface area contributed by atoms with E-state index in [2.05, 4.69) is 19.2 Å². The van der Waals surface area contributed by atoms with Crippen LogP contribution in [0.1, 0.15) is 56.3 Å². The highest BCUT2D eigenvalue weighted by molar-refractivity contribution is 6.03. The molecule has 120 valence electrons. The lowest BCUT2D eigenvalue weighted by Gasteiger charge is -2.27. The van der Waals surface area contributed by atoms with Crippen LogP contribution in [0.3, 0.4) is 0 Å². The molecule has 22 heavy (non-hydrogen) atoms. The van der Waals surface area contributed by atoms with Crippen molar-refractivity contribution in [2.24, 2.45) is 5.92 Å². The smallest absolute Gasteiger partial charge is 0.255 e. The van der Waals surface area contributed by atoms with Crippen molar-refractivity contribution in [3.63, 3.8) is 0 Å². The zero-order valence-electron chi connectivity index (χ0n) is 13.6. The van der Waals surface area contributed by atoms with Gasteiger partial charge in [-0.05, 0) is 43.7 Å². The van der Waals surface area contributed by atoms with Crippen LogP contribution in [0, 0.1) is 5.92 Å². The second-order valence-electron chi connectivity index (χ2n) is 6.38. The SMILES string of the molecule is CC(C)CCC(=O)Nc1ccccc1C(=O)N1CCCCC1. The van der Waals surface area contributed by atoms with Crippen molar-refractivity contribution in [2.45, 2.75) is 46.0 Å². The van der Waals surface area contributed by atoms with Gasteiger partial charge in [0.15, 0.2) is 0 Å². The molecule has 0 spiro atoms. The Labute approximate surface area is 132 Å². The van der Waals surface area contributed by atoms with Crippen molar-refractivity contribution >= 4 is 17.5 Å². The van der Waals surface area contributed by atoms with E-state index in [1.165, 1.54) is 6.42 Å². The molecule has 0 unspecified atom stereocenters. The van der Waals surface area contributed by atoms with Crippen LogP contribution in [0.5, 0.6) is 0 Å². The summed E-state index contributed by atoms with van der Waals surface area (Å²) in [6.07, 6.45) is 4.67. The number of hydrogen-bond acceptors (Lipinski definition) is 2. The normalized spacial score (nSPS) is 15.0. The molecule has 4 heteroatoms. The number of carbonyl (C=O) groups excluding carboxylic acids is 2. The predicted molar refractivity (Wildman–Crippen MR) is 88.9 cm³/mol. The maximum atomic E-state index is 12.6. The lowest BCUT2D eigenvalue weighted by Crippen LogP contribution is -2.36. The summed E-state index contributed by atoms with van der Waals surface area (Å²) < 4.78 is 0. The zero-order valence-corrected chi connectivity index (χ0v) is 13.6. The van der Waals surface area contributed by atoms with Crippen molar-refractivity contribution in [3.8, 4) is 0 Å².